The van der Waals surface area contributed by atoms with E-state index in [1.807, 2.05) is 30.3 Å². The largest absolute Gasteiger partial charge is 0.493 e. The van der Waals surface area contributed by atoms with E-state index in [0.717, 1.165) is 30.6 Å². The first-order valence-electron chi connectivity index (χ1n) is 12.7. The van der Waals surface area contributed by atoms with Crippen molar-refractivity contribution in [2.24, 2.45) is 23.2 Å². The molecule has 1 aliphatic heterocycles. The first-order valence-corrected chi connectivity index (χ1v) is 12.7. The third-order valence-corrected chi connectivity index (χ3v) is 8.59. The van der Waals surface area contributed by atoms with Gasteiger partial charge in [-0.1, -0.05) is 25.1 Å². The van der Waals surface area contributed by atoms with Gasteiger partial charge in [-0.15, -0.1) is 0 Å². The van der Waals surface area contributed by atoms with Crippen molar-refractivity contribution in [3.8, 4) is 11.5 Å². The SMILES string of the molecule is C=C1CCC[C@]2(C)C[C@H]3OC(=O)[C@@H](CN(Cc4ccc(OC)c(OC)c4)Cc4ccco4)[C@H]3C[C@@H]12. The van der Waals surface area contributed by atoms with Crippen LogP contribution in [0.15, 0.2) is 53.2 Å². The molecule has 1 saturated heterocycles. The van der Waals surface area contributed by atoms with Crippen LogP contribution in [-0.2, 0) is 22.6 Å². The predicted octanol–water partition coefficient (Wildman–Crippen LogP) is 5.61. The predicted molar refractivity (Wildman–Crippen MR) is 133 cm³/mol. The van der Waals surface area contributed by atoms with Crippen molar-refractivity contribution in [3.63, 3.8) is 0 Å². The molecule has 6 nitrogen and oxygen atoms in total. The number of nitrogens with zero attached hydrogens (tertiary/aromatic N) is 1. The van der Waals surface area contributed by atoms with Gasteiger partial charge in [-0.2, -0.15) is 0 Å². The Balaban J connectivity index is 1.37. The summed E-state index contributed by atoms with van der Waals surface area (Å²) in [6.07, 6.45) is 7.18. The molecule has 2 saturated carbocycles. The van der Waals surface area contributed by atoms with Gasteiger partial charge in [0.1, 0.15) is 11.9 Å². The fraction of sp³-hybridized carbons (Fsp3) is 0.552. The summed E-state index contributed by atoms with van der Waals surface area (Å²) in [6.45, 7) is 8.72. The number of fused-ring (bicyclic) bond motifs is 2. The molecular formula is C29H37NO5. The molecule has 2 heterocycles. The van der Waals surface area contributed by atoms with Crippen LogP contribution >= 0.6 is 0 Å². The zero-order chi connectivity index (χ0) is 24.6. The number of rotatable bonds is 8. The fourth-order valence-corrected chi connectivity index (χ4v) is 6.79. The topological polar surface area (TPSA) is 61.1 Å². The molecule has 0 bridgehead atoms. The minimum absolute atomic E-state index is 0.0196. The molecule has 188 valence electrons. The van der Waals surface area contributed by atoms with Crippen LogP contribution in [0.1, 0.15) is 50.4 Å². The zero-order valence-corrected chi connectivity index (χ0v) is 21.1. The van der Waals surface area contributed by atoms with Crippen LogP contribution < -0.4 is 9.47 Å². The molecule has 0 N–H and O–H groups in total. The minimum Gasteiger partial charge on any atom is -0.493 e. The Morgan fingerprint density at radius 2 is 2.00 bits per heavy atom. The van der Waals surface area contributed by atoms with Crippen molar-refractivity contribution in [3.05, 3.63) is 60.1 Å². The normalized spacial score (nSPS) is 30.1. The molecule has 35 heavy (non-hydrogen) atoms. The second-order valence-corrected chi connectivity index (χ2v) is 10.8. The smallest absolute Gasteiger partial charge is 0.310 e. The summed E-state index contributed by atoms with van der Waals surface area (Å²) < 4.78 is 22.6. The molecule has 3 fully saturated rings. The number of methoxy groups -OCH3 is 2. The number of allylic oxidation sites excluding steroid dienone is 1. The Bertz CT molecular complexity index is 1060. The molecule has 0 spiro atoms. The molecule has 3 aliphatic rings. The Morgan fingerprint density at radius 3 is 2.74 bits per heavy atom. The highest BCUT2D eigenvalue weighted by Gasteiger charge is 2.55. The third-order valence-electron chi connectivity index (χ3n) is 8.59. The lowest BCUT2D eigenvalue weighted by molar-refractivity contribution is -0.146. The van der Waals surface area contributed by atoms with Gasteiger partial charge in [-0.3, -0.25) is 9.69 Å². The van der Waals surface area contributed by atoms with Gasteiger partial charge in [0.2, 0.25) is 0 Å². The first-order chi connectivity index (χ1) is 16.9. The maximum Gasteiger partial charge on any atom is 0.310 e. The highest BCUT2D eigenvalue weighted by Crippen LogP contribution is 2.57. The third kappa shape index (κ3) is 4.73. The monoisotopic (exact) mass is 479 g/mol. The van der Waals surface area contributed by atoms with Gasteiger partial charge in [0.05, 0.1) is 32.9 Å². The van der Waals surface area contributed by atoms with Crippen molar-refractivity contribution in [2.45, 2.75) is 58.2 Å². The summed E-state index contributed by atoms with van der Waals surface area (Å²) in [5, 5.41) is 0. The summed E-state index contributed by atoms with van der Waals surface area (Å²) in [4.78, 5) is 15.5. The summed E-state index contributed by atoms with van der Waals surface area (Å²) in [6, 6.07) is 9.86. The standard InChI is InChI=1S/C29H37NO5/c1-19-7-5-11-29(2)15-27-22(14-24(19)29)23(28(31)35-27)18-30(17-21-8-6-12-34-21)16-20-9-10-25(32-3)26(13-20)33-4/h6,8-10,12-13,22-24,27H,1,5,7,11,14-18H2,2-4H3/t22-,23+,24+,27-,29-/m1/s1. The first kappa shape index (κ1) is 24.0. The van der Waals surface area contributed by atoms with Crippen LogP contribution in [-0.4, -0.2) is 37.7 Å². The summed E-state index contributed by atoms with van der Waals surface area (Å²) in [7, 11) is 3.28. The molecule has 6 heteroatoms. The van der Waals surface area contributed by atoms with Crippen LogP contribution in [0.25, 0.3) is 0 Å². The van der Waals surface area contributed by atoms with E-state index in [-0.39, 0.29) is 29.3 Å². The lowest BCUT2D eigenvalue weighted by atomic mass is 9.55. The second-order valence-electron chi connectivity index (χ2n) is 10.8. The van der Waals surface area contributed by atoms with Crippen LogP contribution in [0.4, 0.5) is 0 Å². The van der Waals surface area contributed by atoms with E-state index in [0.29, 0.717) is 37.1 Å². The quantitative estimate of drug-likeness (QED) is 0.362. The average molecular weight is 480 g/mol. The number of hydrogen-bond acceptors (Lipinski definition) is 6. The lowest BCUT2D eigenvalue weighted by Crippen LogP contribution is -2.45. The maximum atomic E-state index is 13.2. The molecule has 0 unspecified atom stereocenters. The second kappa shape index (κ2) is 9.73. The van der Waals surface area contributed by atoms with E-state index in [1.54, 1.807) is 20.5 Å². The average Bonchev–Trinajstić information content (AvgIpc) is 3.45. The van der Waals surface area contributed by atoms with E-state index >= 15 is 0 Å². The van der Waals surface area contributed by atoms with Crippen LogP contribution in [0.3, 0.4) is 0 Å². The van der Waals surface area contributed by atoms with Crippen molar-refractivity contribution in [1.82, 2.24) is 4.90 Å². The van der Waals surface area contributed by atoms with Crippen LogP contribution in [0.5, 0.6) is 11.5 Å². The number of carbonyl (C=O) groups excluding carboxylic acids is 1. The summed E-state index contributed by atoms with van der Waals surface area (Å²) in [5.41, 5.74) is 2.67. The summed E-state index contributed by atoms with van der Waals surface area (Å²) >= 11 is 0. The van der Waals surface area contributed by atoms with Gasteiger partial charge in [-0.05, 0) is 73.3 Å². The molecule has 2 aromatic rings. The zero-order valence-electron chi connectivity index (χ0n) is 21.1. The molecular weight excluding hydrogens is 442 g/mol. The fourth-order valence-electron chi connectivity index (χ4n) is 6.79. The van der Waals surface area contributed by atoms with Crippen molar-refractivity contribution < 1.29 is 23.4 Å². The van der Waals surface area contributed by atoms with Gasteiger partial charge in [0.15, 0.2) is 11.5 Å². The Kier molecular flexibility index (Phi) is 6.67. The van der Waals surface area contributed by atoms with Gasteiger partial charge in [-0.25, -0.2) is 0 Å². The van der Waals surface area contributed by atoms with Gasteiger partial charge in [0, 0.05) is 19.0 Å². The molecule has 5 rings (SSSR count). The van der Waals surface area contributed by atoms with Crippen molar-refractivity contribution in [1.29, 1.82) is 0 Å². The highest BCUT2D eigenvalue weighted by molar-refractivity contribution is 5.75. The molecule has 1 aromatic heterocycles. The van der Waals surface area contributed by atoms with E-state index < -0.39 is 0 Å². The highest BCUT2D eigenvalue weighted by atomic mass is 16.6. The molecule has 0 amide bonds. The van der Waals surface area contributed by atoms with Gasteiger partial charge >= 0.3 is 5.97 Å². The van der Waals surface area contributed by atoms with Crippen molar-refractivity contribution in [2.75, 3.05) is 20.8 Å². The Morgan fingerprint density at radius 1 is 1.17 bits per heavy atom. The number of esters is 1. The lowest BCUT2D eigenvalue weighted by Gasteiger charge is -2.50. The number of furan rings is 1. The molecule has 5 atom stereocenters. The van der Waals surface area contributed by atoms with E-state index in [1.165, 1.54) is 18.4 Å². The molecule has 2 aliphatic carbocycles. The number of ether oxygens (including phenoxy) is 3. The Hall–Kier alpha value is -2.73. The number of carbonyl (C=O) groups is 1. The minimum atomic E-state index is -0.144. The number of benzene rings is 1. The van der Waals surface area contributed by atoms with E-state index in [4.69, 9.17) is 18.6 Å². The molecule has 1 aromatic carbocycles. The molecule has 0 radical (unpaired) electrons. The van der Waals surface area contributed by atoms with Gasteiger partial charge in [0.25, 0.3) is 0 Å². The number of hydrogen-bond donors (Lipinski definition) is 0. The van der Waals surface area contributed by atoms with E-state index in [2.05, 4.69) is 18.4 Å². The van der Waals surface area contributed by atoms with E-state index in [9.17, 15) is 4.79 Å². The summed E-state index contributed by atoms with van der Waals surface area (Å²) in [5.74, 6) is 2.81. The van der Waals surface area contributed by atoms with Crippen LogP contribution in [0, 0.1) is 23.2 Å². The van der Waals surface area contributed by atoms with Gasteiger partial charge < -0.3 is 18.6 Å². The maximum absolute atomic E-state index is 13.2. The van der Waals surface area contributed by atoms with Crippen LogP contribution in [0.2, 0.25) is 0 Å². The van der Waals surface area contributed by atoms with Crippen molar-refractivity contribution >= 4 is 5.97 Å². The Labute approximate surface area is 208 Å².